The highest BCUT2D eigenvalue weighted by Crippen LogP contribution is 2.30. The molecule has 0 saturated carbocycles. The Labute approximate surface area is 185 Å². The van der Waals surface area contributed by atoms with Gasteiger partial charge in [-0.1, -0.05) is 60.1 Å². The number of carbonyl (C=O) groups is 1. The van der Waals surface area contributed by atoms with E-state index in [0.29, 0.717) is 10.8 Å². The summed E-state index contributed by atoms with van der Waals surface area (Å²) in [7, 11) is 0. The SMILES string of the molecule is CC(NC(=O)COc1ccc(-c2ccccc2)cc1Cl)c1ccc(-n2cncn2)cc1. The van der Waals surface area contributed by atoms with Crippen LogP contribution in [0.15, 0.2) is 85.5 Å². The van der Waals surface area contributed by atoms with Gasteiger partial charge >= 0.3 is 0 Å². The average molecular weight is 433 g/mol. The van der Waals surface area contributed by atoms with Crippen molar-refractivity contribution in [1.82, 2.24) is 20.1 Å². The van der Waals surface area contributed by atoms with Crippen LogP contribution in [0.25, 0.3) is 16.8 Å². The number of hydrogen-bond acceptors (Lipinski definition) is 4. The molecule has 0 bridgehead atoms. The van der Waals surface area contributed by atoms with Gasteiger partial charge in [0.25, 0.3) is 5.91 Å². The molecular weight excluding hydrogens is 412 g/mol. The third-order valence-corrected chi connectivity index (χ3v) is 5.15. The standard InChI is InChI=1S/C24H21ClN4O2/c1-17(18-7-10-21(11-8-18)29-16-26-15-27-29)28-24(30)14-31-23-12-9-20(13-22(23)25)19-5-3-2-4-6-19/h2-13,15-17H,14H2,1H3,(H,28,30). The third-order valence-electron chi connectivity index (χ3n) is 4.85. The lowest BCUT2D eigenvalue weighted by molar-refractivity contribution is -0.123. The largest absolute Gasteiger partial charge is 0.482 e. The third kappa shape index (κ3) is 5.10. The second-order valence-electron chi connectivity index (χ2n) is 7.02. The van der Waals surface area contributed by atoms with Gasteiger partial charge in [0.15, 0.2) is 6.61 Å². The molecule has 1 amide bonds. The fourth-order valence-electron chi connectivity index (χ4n) is 3.20. The maximum absolute atomic E-state index is 12.4. The molecule has 0 spiro atoms. The predicted molar refractivity (Wildman–Crippen MR) is 120 cm³/mol. The minimum absolute atomic E-state index is 0.119. The van der Waals surface area contributed by atoms with Crippen molar-refractivity contribution in [3.8, 4) is 22.6 Å². The summed E-state index contributed by atoms with van der Waals surface area (Å²) in [6, 6.07) is 23.1. The number of halogens is 1. The molecule has 1 N–H and O–H groups in total. The van der Waals surface area contributed by atoms with Crippen LogP contribution >= 0.6 is 11.6 Å². The molecule has 156 valence electrons. The van der Waals surface area contributed by atoms with Crippen LogP contribution in [0.4, 0.5) is 0 Å². The van der Waals surface area contributed by atoms with Gasteiger partial charge in [-0.15, -0.1) is 0 Å². The molecular formula is C24H21ClN4O2. The van der Waals surface area contributed by atoms with Crippen molar-refractivity contribution in [1.29, 1.82) is 0 Å². The maximum atomic E-state index is 12.4. The molecule has 1 unspecified atom stereocenters. The van der Waals surface area contributed by atoms with Crippen molar-refractivity contribution in [3.63, 3.8) is 0 Å². The van der Waals surface area contributed by atoms with Gasteiger partial charge in [-0.3, -0.25) is 4.79 Å². The van der Waals surface area contributed by atoms with Crippen molar-refractivity contribution in [2.45, 2.75) is 13.0 Å². The molecule has 31 heavy (non-hydrogen) atoms. The van der Waals surface area contributed by atoms with Crippen LogP contribution in [0.1, 0.15) is 18.5 Å². The molecule has 0 saturated heterocycles. The molecule has 4 rings (SSSR count). The first-order chi connectivity index (χ1) is 15.1. The number of rotatable bonds is 7. The number of nitrogens with one attached hydrogen (secondary N) is 1. The van der Waals surface area contributed by atoms with Crippen LogP contribution in [-0.4, -0.2) is 27.3 Å². The number of ether oxygens (including phenoxy) is 1. The first-order valence-electron chi connectivity index (χ1n) is 9.82. The average Bonchev–Trinajstić information content (AvgIpc) is 3.34. The molecule has 1 atom stereocenters. The molecule has 1 heterocycles. The molecule has 0 aliphatic heterocycles. The zero-order valence-corrected chi connectivity index (χ0v) is 17.7. The second-order valence-corrected chi connectivity index (χ2v) is 7.43. The van der Waals surface area contributed by atoms with E-state index in [1.165, 1.54) is 6.33 Å². The van der Waals surface area contributed by atoms with Crippen LogP contribution in [0, 0.1) is 0 Å². The maximum Gasteiger partial charge on any atom is 0.258 e. The quantitative estimate of drug-likeness (QED) is 0.453. The predicted octanol–water partition coefficient (Wildman–Crippen LogP) is 4.84. The number of carbonyl (C=O) groups excluding carboxylic acids is 1. The van der Waals surface area contributed by atoms with Gasteiger partial charge in [0, 0.05) is 0 Å². The smallest absolute Gasteiger partial charge is 0.258 e. The zero-order chi connectivity index (χ0) is 21.6. The van der Waals surface area contributed by atoms with Crippen LogP contribution in [-0.2, 0) is 4.79 Å². The Morgan fingerprint density at radius 1 is 1.06 bits per heavy atom. The Morgan fingerprint density at radius 2 is 1.84 bits per heavy atom. The summed E-state index contributed by atoms with van der Waals surface area (Å²) in [5.74, 6) is 0.248. The zero-order valence-electron chi connectivity index (χ0n) is 16.9. The van der Waals surface area contributed by atoms with Crippen molar-refractivity contribution in [2.75, 3.05) is 6.61 Å². The van der Waals surface area contributed by atoms with E-state index in [4.69, 9.17) is 16.3 Å². The van der Waals surface area contributed by atoms with E-state index in [1.807, 2.05) is 73.7 Å². The molecule has 0 aliphatic rings. The Kier molecular flexibility index (Phi) is 6.29. The van der Waals surface area contributed by atoms with Gasteiger partial charge in [0.2, 0.25) is 0 Å². The highest BCUT2D eigenvalue weighted by Gasteiger charge is 2.12. The number of benzene rings is 3. The molecule has 7 heteroatoms. The Morgan fingerprint density at radius 3 is 2.52 bits per heavy atom. The van der Waals surface area contributed by atoms with E-state index < -0.39 is 0 Å². The molecule has 6 nitrogen and oxygen atoms in total. The summed E-state index contributed by atoms with van der Waals surface area (Å²) in [6.45, 7) is 1.80. The van der Waals surface area contributed by atoms with Gasteiger partial charge in [-0.25, -0.2) is 9.67 Å². The normalized spacial score (nSPS) is 11.7. The lowest BCUT2D eigenvalue weighted by Gasteiger charge is -2.16. The van der Waals surface area contributed by atoms with Crippen LogP contribution in [0.5, 0.6) is 5.75 Å². The van der Waals surface area contributed by atoms with Gasteiger partial charge < -0.3 is 10.1 Å². The van der Waals surface area contributed by atoms with Gasteiger partial charge in [-0.2, -0.15) is 5.10 Å². The van der Waals surface area contributed by atoms with Crippen molar-refractivity contribution >= 4 is 17.5 Å². The molecule has 0 aliphatic carbocycles. The topological polar surface area (TPSA) is 69.0 Å². The minimum Gasteiger partial charge on any atom is -0.482 e. The number of amides is 1. The summed E-state index contributed by atoms with van der Waals surface area (Å²) < 4.78 is 7.31. The number of hydrogen-bond donors (Lipinski definition) is 1. The summed E-state index contributed by atoms with van der Waals surface area (Å²) in [6.07, 6.45) is 3.12. The van der Waals surface area contributed by atoms with Crippen molar-refractivity contribution < 1.29 is 9.53 Å². The van der Waals surface area contributed by atoms with Gasteiger partial charge in [0.1, 0.15) is 18.4 Å². The van der Waals surface area contributed by atoms with E-state index in [1.54, 1.807) is 17.1 Å². The van der Waals surface area contributed by atoms with Crippen LogP contribution in [0.2, 0.25) is 5.02 Å². The summed E-state index contributed by atoms with van der Waals surface area (Å²) >= 11 is 6.35. The van der Waals surface area contributed by atoms with Gasteiger partial charge in [-0.05, 0) is 47.9 Å². The first kappa shape index (κ1) is 20.6. The summed E-state index contributed by atoms with van der Waals surface area (Å²) in [5.41, 5.74) is 3.93. The molecule has 0 fully saturated rings. The number of aromatic nitrogens is 3. The Hall–Kier alpha value is -3.64. The van der Waals surface area contributed by atoms with Crippen molar-refractivity contribution in [3.05, 3.63) is 96.0 Å². The molecule has 4 aromatic rings. The summed E-state index contributed by atoms with van der Waals surface area (Å²) in [4.78, 5) is 16.3. The van der Waals surface area contributed by atoms with E-state index in [9.17, 15) is 4.79 Å². The molecule has 3 aromatic carbocycles. The fraction of sp³-hybridized carbons (Fsp3) is 0.125. The lowest BCUT2D eigenvalue weighted by atomic mass is 10.1. The van der Waals surface area contributed by atoms with Crippen LogP contribution < -0.4 is 10.1 Å². The van der Waals surface area contributed by atoms with Crippen molar-refractivity contribution in [2.24, 2.45) is 0 Å². The van der Waals surface area contributed by atoms with Crippen LogP contribution in [0.3, 0.4) is 0 Å². The van der Waals surface area contributed by atoms with E-state index in [0.717, 1.165) is 22.4 Å². The Bertz CT molecular complexity index is 1150. The highest BCUT2D eigenvalue weighted by atomic mass is 35.5. The van der Waals surface area contributed by atoms with Gasteiger partial charge in [0.05, 0.1) is 16.8 Å². The highest BCUT2D eigenvalue weighted by molar-refractivity contribution is 6.32. The lowest BCUT2D eigenvalue weighted by Crippen LogP contribution is -2.31. The van der Waals surface area contributed by atoms with E-state index >= 15 is 0 Å². The fourth-order valence-corrected chi connectivity index (χ4v) is 3.43. The monoisotopic (exact) mass is 432 g/mol. The number of nitrogens with zero attached hydrogens (tertiary/aromatic N) is 3. The van der Waals surface area contributed by atoms with E-state index in [-0.39, 0.29) is 18.6 Å². The molecule has 1 aromatic heterocycles. The Balaban J connectivity index is 1.32. The first-order valence-corrected chi connectivity index (χ1v) is 10.2. The van der Waals surface area contributed by atoms with E-state index in [2.05, 4.69) is 15.4 Å². The summed E-state index contributed by atoms with van der Waals surface area (Å²) in [5, 5.41) is 7.50. The second kappa shape index (κ2) is 9.45. The molecule has 0 radical (unpaired) electrons. The minimum atomic E-state index is -0.226.